The number of sulfonamides is 1. The number of rotatable bonds is 5. The Balaban J connectivity index is 3.02. The predicted octanol–water partition coefficient (Wildman–Crippen LogP) is 1.57. The van der Waals surface area contributed by atoms with Crippen LogP contribution in [0, 0.1) is 0 Å². The van der Waals surface area contributed by atoms with E-state index in [1.807, 2.05) is 0 Å². The molecule has 0 amide bonds. The van der Waals surface area contributed by atoms with Crippen molar-refractivity contribution in [3.63, 3.8) is 0 Å². The molecule has 1 aromatic rings. The van der Waals surface area contributed by atoms with Gasteiger partial charge in [-0.15, -0.1) is 0 Å². The maximum Gasteiger partial charge on any atom is 0.323 e. The van der Waals surface area contributed by atoms with Crippen LogP contribution in [0.4, 0.5) is 0 Å². The van der Waals surface area contributed by atoms with Crippen molar-refractivity contribution in [3.8, 4) is 0 Å². The van der Waals surface area contributed by atoms with E-state index in [0.29, 0.717) is 0 Å². The topological polar surface area (TPSA) is 72.5 Å². The largest absolute Gasteiger partial charge is 0.468 e. The smallest absolute Gasteiger partial charge is 0.323 e. The van der Waals surface area contributed by atoms with Gasteiger partial charge in [0.15, 0.2) is 0 Å². The predicted molar refractivity (Wildman–Crippen MR) is 67.9 cm³/mol. The van der Waals surface area contributed by atoms with Crippen LogP contribution in [0.2, 0.25) is 5.02 Å². The summed E-state index contributed by atoms with van der Waals surface area (Å²) in [6.45, 7) is 1.68. The van der Waals surface area contributed by atoms with Crippen LogP contribution in [0.15, 0.2) is 29.2 Å². The van der Waals surface area contributed by atoms with Gasteiger partial charge < -0.3 is 4.74 Å². The van der Waals surface area contributed by atoms with E-state index in [-0.39, 0.29) is 16.3 Å². The van der Waals surface area contributed by atoms with Gasteiger partial charge in [0.1, 0.15) is 10.9 Å². The lowest BCUT2D eigenvalue weighted by Gasteiger charge is -2.15. The molecule has 0 aromatic heterocycles. The van der Waals surface area contributed by atoms with Gasteiger partial charge in [-0.05, 0) is 18.6 Å². The van der Waals surface area contributed by atoms with Gasteiger partial charge in [0.25, 0.3) is 0 Å². The standard InChI is InChI=1S/C11H14ClNO4S/c1-3-9(11(14)17-2)13-18(15,16)10-7-5-4-6-8(10)12/h4-7,9,13H,3H2,1-2H3. The molecule has 0 aliphatic carbocycles. The van der Waals surface area contributed by atoms with E-state index >= 15 is 0 Å². The lowest BCUT2D eigenvalue weighted by molar-refractivity contribution is -0.142. The number of nitrogens with one attached hydrogen (secondary N) is 1. The number of benzene rings is 1. The molecular weight excluding hydrogens is 278 g/mol. The number of esters is 1. The molecule has 18 heavy (non-hydrogen) atoms. The molecule has 1 rings (SSSR count). The summed E-state index contributed by atoms with van der Waals surface area (Å²) < 4.78 is 30.9. The number of carbonyl (C=O) groups excluding carboxylic acids is 1. The van der Waals surface area contributed by atoms with Crippen LogP contribution in [-0.2, 0) is 19.6 Å². The molecule has 0 radical (unpaired) electrons. The van der Waals surface area contributed by atoms with Gasteiger partial charge in [0.05, 0.1) is 12.1 Å². The minimum absolute atomic E-state index is 0.0611. The molecule has 0 saturated carbocycles. The molecular formula is C11H14ClNO4S. The molecule has 1 N–H and O–H groups in total. The first-order chi connectivity index (χ1) is 8.42. The van der Waals surface area contributed by atoms with E-state index in [4.69, 9.17) is 11.6 Å². The second kappa shape index (κ2) is 6.17. The zero-order chi connectivity index (χ0) is 13.8. The third kappa shape index (κ3) is 3.44. The second-order valence-corrected chi connectivity index (χ2v) is 5.63. The first kappa shape index (κ1) is 14.9. The average molecular weight is 292 g/mol. The summed E-state index contributed by atoms with van der Waals surface area (Å²) in [4.78, 5) is 11.3. The summed E-state index contributed by atoms with van der Waals surface area (Å²) in [6.07, 6.45) is 0.288. The van der Waals surface area contributed by atoms with Crippen LogP contribution in [0.5, 0.6) is 0 Å². The number of ether oxygens (including phenoxy) is 1. The molecule has 100 valence electrons. The minimum atomic E-state index is -3.84. The van der Waals surface area contributed by atoms with Crippen LogP contribution in [0.25, 0.3) is 0 Å². The van der Waals surface area contributed by atoms with Crippen molar-refractivity contribution in [1.82, 2.24) is 4.72 Å². The summed E-state index contributed by atoms with van der Waals surface area (Å²) in [7, 11) is -2.64. The zero-order valence-corrected chi connectivity index (χ0v) is 11.6. The maximum atomic E-state index is 12.0. The van der Waals surface area contributed by atoms with Crippen molar-refractivity contribution in [3.05, 3.63) is 29.3 Å². The summed E-state index contributed by atoms with van der Waals surface area (Å²) >= 11 is 5.81. The maximum absolute atomic E-state index is 12.0. The molecule has 7 heteroatoms. The van der Waals surface area contributed by atoms with Crippen LogP contribution >= 0.6 is 11.6 Å². The zero-order valence-electron chi connectivity index (χ0n) is 10.0. The molecule has 5 nitrogen and oxygen atoms in total. The molecule has 0 spiro atoms. The van der Waals surface area contributed by atoms with Gasteiger partial charge >= 0.3 is 5.97 Å². The Bertz CT molecular complexity index is 530. The van der Waals surface area contributed by atoms with Crippen molar-refractivity contribution < 1.29 is 17.9 Å². The van der Waals surface area contributed by atoms with Gasteiger partial charge in [0, 0.05) is 0 Å². The van der Waals surface area contributed by atoms with Crippen molar-refractivity contribution in [2.75, 3.05) is 7.11 Å². The normalized spacial score (nSPS) is 13.1. The molecule has 0 bridgehead atoms. The van der Waals surface area contributed by atoms with Crippen molar-refractivity contribution in [2.24, 2.45) is 0 Å². The van der Waals surface area contributed by atoms with Gasteiger partial charge in [-0.25, -0.2) is 8.42 Å². The highest BCUT2D eigenvalue weighted by molar-refractivity contribution is 7.89. The molecule has 0 heterocycles. The fraction of sp³-hybridized carbons (Fsp3) is 0.364. The fourth-order valence-electron chi connectivity index (χ4n) is 1.35. The third-order valence-corrected chi connectivity index (χ3v) is 4.29. The lowest BCUT2D eigenvalue weighted by atomic mass is 10.2. The third-order valence-electron chi connectivity index (χ3n) is 2.32. The number of hydrogen-bond donors (Lipinski definition) is 1. The summed E-state index contributed by atoms with van der Waals surface area (Å²) in [5.74, 6) is -0.631. The molecule has 0 fully saturated rings. The quantitative estimate of drug-likeness (QED) is 0.836. The highest BCUT2D eigenvalue weighted by Gasteiger charge is 2.26. The molecule has 0 saturated heterocycles. The SMILES string of the molecule is CCC(NS(=O)(=O)c1ccccc1Cl)C(=O)OC. The Labute approximate surface area is 111 Å². The highest BCUT2D eigenvalue weighted by Crippen LogP contribution is 2.20. The number of methoxy groups -OCH3 is 1. The van der Waals surface area contributed by atoms with E-state index in [1.54, 1.807) is 19.1 Å². The van der Waals surface area contributed by atoms with Crippen molar-refractivity contribution in [1.29, 1.82) is 0 Å². The average Bonchev–Trinajstić information content (AvgIpc) is 2.35. The van der Waals surface area contributed by atoms with Crippen LogP contribution in [0.3, 0.4) is 0 Å². The minimum Gasteiger partial charge on any atom is -0.468 e. The first-order valence-electron chi connectivity index (χ1n) is 5.27. The molecule has 1 atom stereocenters. The Hall–Kier alpha value is -1.11. The Morgan fingerprint density at radius 2 is 2.06 bits per heavy atom. The van der Waals surface area contributed by atoms with Gasteiger partial charge in [-0.1, -0.05) is 30.7 Å². The van der Waals surface area contributed by atoms with Crippen LogP contribution < -0.4 is 4.72 Å². The monoisotopic (exact) mass is 291 g/mol. The molecule has 0 aliphatic heterocycles. The Morgan fingerprint density at radius 3 is 2.56 bits per heavy atom. The second-order valence-electron chi connectivity index (χ2n) is 3.54. The lowest BCUT2D eigenvalue weighted by Crippen LogP contribution is -2.41. The fourth-order valence-corrected chi connectivity index (χ4v) is 3.14. The number of carbonyl (C=O) groups is 1. The van der Waals surface area contributed by atoms with Gasteiger partial charge in [-0.3, -0.25) is 4.79 Å². The van der Waals surface area contributed by atoms with E-state index in [1.165, 1.54) is 19.2 Å². The molecule has 1 aromatic carbocycles. The summed E-state index contributed by atoms with van der Waals surface area (Å²) in [5, 5.41) is 0.102. The van der Waals surface area contributed by atoms with Crippen LogP contribution in [0.1, 0.15) is 13.3 Å². The first-order valence-corrected chi connectivity index (χ1v) is 7.13. The van der Waals surface area contributed by atoms with E-state index in [2.05, 4.69) is 9.46 Å². The van der Waals surface area contributed by atoms with Crippen LogP contribution in [-0.4, -0.2) is 27.5 Å². The van der Waals surface area contributed by atoms with Crippen molar-refractivity contribution >= 4 is 27.6 Å². The summed E-state index contributed by atoms with van der Waals surface area (Å²) in [6, 6.07) is 5.10. The highest BCUT2D eigenvalue weighted by atomic mass is 35.5. The Kier molecular flexibility index (Phi) is 5.13. The summed E-state index contributed by atoms with van der Waals surface area (Å²) in [5.41, 5.74) is 0. The van der Waals surface area contributed by atoms with Crippen molar-refractivity contribution in [2.45, 2.75) is 24.3 Å². The van der Waals surface area contributed by atoms with E-state index in [0.717, 1.165) is 0 Å². The number of halogens is 1. The van der Waals surface area contributed by atoms with E-state index in [9.17, 15) is 13.2 Å². The van der Waals surface area contributed by atoms with Gasteiger partial charge in [-0.2, -0.15) is 4.72 Å². The number of hydrogen-bond acceptors (Lipinski definition) is 4. The molecule has 1 unspecified atom stereocenters. The van der Waals surface area contributed by atoms with E-state index < -0.39 is 22.0 Å². The Morgan fingerprint density at radius 1 is 1.44 bits per heavy atom. The van der Waals surface area contributed by atoms with Gasteiger partial charge in [0.2, 0.25) is 10.0 Å². The molecule has 0 aliphatic rings.